The maximum absolute atomic E-state index is 13.0. The van der Waals surface area contributed by atoms with Crippen molar-refractivity contribution in [2.45, 2.75) is 0 Å². The molecule has 25 heavy (non-hydrogen) atoms. The summed E-state index contributed by atoms with van der Waals surface area (Å²) in [5, 5.41) is 2.93. The number of para-hydroxylation sites is 1. The number of carbonyl (C=O) groups is 2. The minimum absolute atomic E-state index is 0.228. The Labute approximate surface area is 140 Å². The fourth-order valence-corrected chi connectivity index (χ4v) is 2.18. The number of esters is 1. The van der Waals surface area contributed by atoms with E-state index >= 15 is 0 Å². The van der Waals surface area contributed by atoms with Crippen molar-refractivity contribution >= 4 is 28.5 Å². The third-order valence-corrected chi connectivity index (χ3v) is 3.30. The summed E-state index contributed by atoms with van der Waals surface area (Å²) in [5.74, 6) is -2.15. The maximum Gasteiger partial charge on any atom is 0.351 e. The lowest BCUT2D eigenvalue weighted by Gasteiger charge is -2.06. The zero-order valence-corrected chi connectivity index (χ0v) is 12.8. The van der Waals surface area contributed by atoms with E-state index in [4.69, 9.17) is 9.15 Å². The zero-order valence-electron chi connectivity index (χ0n) is 12.8. The van der Waals surface area contributed by atoms with E-state index in [9.17, 15) is 18.8 Å². The minimum atomic E-state index is -0.978. The van der Waals surface area contributed by atoms with Crippen LogP contribution in [-0.4, -0.2) is 18.5 Å². The van der Waals surface area contributed by atoms with Crippen LogP contribution in [0, 0.1) is 5.82 Å². The Hall–Kier alpha value is -3.48. The second-order valence-corrected chi connectivity index (χ2v) is 5.12. The molecule has 1 N–H and O–H groups in total. The van der Waals surface area contributed by atoms with Gasteiger partial charge in [0.2, 0.25) is 0 Å². The Morgan fingerprint density at radius 2 is 1.88 bits per heavy atom. The number of nitrogens with one attached hydrogen (secondary N) is 1. The molecule has 2 aromatic carbocycles. The third kappa shape index (κ3) is 3.89. The Morgan fingerprint density at radius 1 is 1.08 bits per heavy atom. The normalized spacial score (nSPS) is 10.4. The van der Waals surface area contributed by atoms with Gasteiger partial charge in [-0.3, -0.25) is 4.79 Å². The van der Waals surface area contributed by atoms with Crippen molar-refractivity contribution < 1.29 is 23.1 Å². The Balaban J connectivity index is 1.67. The Morgan fingerprint density at radius 3 is 2.68 bits per heavy atom. The highest BCUT2D eigenvalue weighted by molar-refractivity contribution is 5.96. The van der Waals surface area contributed by atoms with Gasteiger partial charge in [-0.25, -0.2) is 14.0 Å². The van der Waals surface area contributed by atoms with Crippen LogP contribution >= 0.6 is 0 Å². The molecular formula is C18H12FNO5. The van der Waals surface area contributed by atoms with Gasteiger partial charge in [-0.05, 0) is 30.3 Å². The lowest BCUT2D eigenvalue weighted by molar-refractivity contribution is -0.119. The Kier molecular flexibility index (Phi) is 4.56. The van der Waals surface area contributed by atoms with Gasteiger partial charge in [0.05, 0.1) is 0 Å². The van der Waals surface area contributed by atoms with Gasteiger partial charge in [0.25, 0.3) is 5.91 Å². The fourth-order valence-electron chi connectivity index (χ4n) is 2.18. The summed E-state index contributed by atoms with van der Waals surface area (Å²) in [6.07, 6.45) is 0. The van der Waals surface area contributed by atoms with Crippen molar-refractivity contribution in [3.05, 3.63) is 76.4 Å². The van der Waals surface area contributed by atoms with Crippen molar-refractivity contribution in [3.63, 3.8) is 0 Å². The first-order valence-electron chi connectivity index (χ1n) is 7.28. The molecule has 1 amide bonds. The molecule has 0 fully saturated rings. The number of anilines is 1. The number of hydrogen-bond acceptors (Lipinski definition) is 5. The number of fused-ring (bicyclic) bond motifs is 1. The van der Waals surface area contributed by atoms with Crippen LogP contribution in [0.5, 0.6) is 0 Å². The quantitative estimate of drug-likeness (QED) is 0.582. The highest BCUT2D eigenvalue weighted by Gasteiger charge is 2.16. The van der Waals surface area contributed by atoms with Gasteiger partial charge in [0.15, 0.2) is 6.61 Å². The first-order valence-corrected chi connectivity index (χ1v) is 7.28. The molecule has 0 aliphatic rings. The molecule has 0 unspecified atom stereocenters. The van der Waals surface area contributed by atoms with Gasteiger partial charge in [-0.15, -0.1) is 0 Å². The molecule has 1 heterocycles. The number of benzene rings is 2. The van der Waals surface area contributed by atoms with E-state index in [1.165, 1.54) is 24.3 Å². The zero-order chi connectivity index (χ0) is 17.8. The van der Waals surface area contributed by atoms with Crippen LogP contribution in [0.15, 0.2) is 63.8 Å². The molecule has 126 valence electrons. The van der Waals surface area contributed by atoms with Crippen LogP contribution < -0.4 is 10.9 Å². The van der Waals surface area contributed by atoms with Crippen LogP contribution in [-0.2, 0) is 9.53 Å². The van der Waals surface area contributed by atoms with E-state index in [0.717, 1.165) is 6.07 Å². The third-order valence-electron chi connectivity index (χ3n) is 3.30. The van der Waals surface area contributed by atoms with Gasteiger partial charge >= 0.3 is 11.6 Å². The van der Waals surface area contributed by atoms with E-state index in [0.29, 0.717) is 11.0 Å². The molecular weight excluding hydrogens is 329 g/mol. The summed E-state index contributed by atoms with van der Waals surface area (Å²) in [5.41, 5.74) is -0.592. The number of hydrogen-bond donors (Lipinski definition) is 1. The molecule has 0 saturated heterocycles. The molecule has 0 atom stereocenters. The SMILES string of the molecule is O=C(COC(=O)c1cc2ccccc2oc1=O)Nc1cccc(F)c1. The van der Waals surface area contributed by atoms with Crippen LogP contribution in [0.25, 0.3) is 11.0 Å². The molecule has 0 radical (unpaired) electrons. The second-order valence-electron chi connectivity index (χ2n) is 5.12. The van der Waals surface area contributed by atoms with Gasteiger partial charge in [-0.2, -0.15) is 0 Å². The first kappa shape index (κ1) is 16.4. The number of rotatable bonds is 4. The summed E-state index contributed by atoms with van der Waals surface area (Å²) in [6, 6.07) is 13.3. The van der Waals surface area contributed by atoms with E-state index in [-0.39, 0.29) is 11.3 Å². The lowest BCUT2D eigenvalue weighted by Crippen LogP contribution is -2.23. The summed E-state index contributed by atoms with van der Waals surface area (Å²) in [4.78, 5) is 35.6. The second kappa shape index (κ2) is 6.96. The standard InChI is InChI=1S/C18H12FNO5/c19-12-5-3-6-13(9-12)20-16(21)10-24-17(22)14-8-11-4-1-2-7-15(11)25-18(14)23/h1-9H,10H2,(H,20,21). The number of halogens is 1. The van der Waals surface area contributed by atoms with Gasteiger partial charge in [0.1, 0.15) is 17.0 Å². The Bertz CT molecular complexity index is 1010. The summed E-state index contributed by atoms with van der Waals surface area (Å²) >= 11 is 0. The van der Waals surface area contributed by atoms with Gasteiger partial charge < -0.3 is 14.5 Å². The molecule has 3 aromatic rings. The predicted octanol–water partition coefficient (Wildman–Crippen LogP) is 2.73. The van der Waals surface area contributed by atoms with E-state index in [2.05, 4.69) is 5.32 Å². The monoisotopic (exact) mass is 341 g/mol. The predicted molar refractivity (Wildman–Crippen MR) is 87.8 cm³/mol. The van der Waals surface area contributed by atoms with Crippen molar-refractivity contribution in [3.8, 4) is 0 Å². The van der Waals surface area contributed by atoms with E-state index in [1.807, 2.05) is 0 Å². The number of ether oxygens (including phenoxy) is 1. The van der Waals surface area contributed by atoms with Crippen LogP contribution in [0.2, 0.25) is 0 Å². The average Bonchev–Trinajstić information content (AvgIpc) is 2.59. The maximum atomic E-state index is 13.0. The highest BCUT2D eigenvalue weighted by Crippen LogP contribution is 2.13. The summed E-state index contributed by atoms with van der Waals surface area (Å²) in [6.45, 7) is -0.623. The largest absolute Gasteiger partial charge is 0.452 e. The molecule has 0 aliphatic carbocycles. The number of carbonyl (C=O) groups excluding carboxylic acids is 2. The van der Waals surface area contributed by atoms with Crippen LogP contribution in [0.3, 0.4) is 0 Å². The summed E-state index contributed by atoms with van der Waals surface area (Å²) in [7, 11) is 0. The van der Waals surface area contributed by atoms with Crippen molar-refractivity contribution in [1.82, 2.24) is 0 Å². The molecule has 7 heteroatoms. The molecule has 0 aliphatic heterocycles. The van der Waals surface area contributed by atoms with E-state index < -0.39 is 29.9 Å². The minimum Gasteiger partial charge on any atom is -0.452 e. The van der Waals surface area contributed by atoms with Gasteiger partial charge in [-0.1, -0.05) is 24.3 Å². The molecule has 6 nitrogen and oxygen atoms in total. The smallest absolute Gasteiger partial charge is 0.351 e. The lowest BCUT2D eigenvalue weighted by atomic mass is 10.2. The average molecular weight is 341 g/mol. The van der Waals surface area contributed by atoms with Gasteiger partial charge in [0, 0.05) is 11.1 Å². The number of amides is 1. The summed E-state index contributed by atoms with van der Waals surface area (Å²) < 4.78 is 22.9. The molecule has 0 spiro atoms. The van der Waals surface area contributed by atoms with E-state index in [1.54, 1.807) is 24.3 Å². The molecule has 0 saturated carbocycles. The topological polar surface area (TPSA) is 85.6 Å². The van der Waals surface area contributed by atoms with Crippen LogP contribution in [0.1, 0.15) is 10.4 Å². The molecule has 3 rings (SSSR count). The van der Waals surface area contributed by atoms with Crippen molar-refractivity contribution in [2.75, 3.05) is 11.9 Å². The molecule has 1 aromatic heterocycles. The molecule has 0 bridgehead atoms. The van der Waals surface area contributed by atoms with Crippen molar-refractivity contribution in [2.24, 2.45) is 0 Å². The van der Waals surface area contributed by atoms with Crippen LogP contribution in [0.4, 0.5) is 10.1 Å². The highest BCUT2D eigenvalue weighted by atomic mass is 19.1. The van der Waals surface area contributed by atoms with Crippen molar-refractivity contribution in [1.29, 1.82) is 0 Å². The first-order chi connectivity index (χ1) is 12.0. The fraction of sp³-hybridized carbons (Fsp3) is 0.0556.